The number of esters is 1. The van der Waals surface area contributed by atoms with Gasteiger partial charge >= 0.3 is 5.97 Å². The number of rotatable bonds is 12. The third-order valence-corrected chi connectivity index (χ3v) is 7.00. The molecule has 32 heavy (non-hydrogen) atoms. The number of carbonyl (C=O) groups is 1. The molecular weight excluding hydrogens is 424 g/mol. The zero-order valence-corrected chi connectivity index (χ0v) is 19.9. The molecule has 6 heteroatoms. The summed E-state index contributed by atoms with van der Waals surface area (Å²) in [5.41, 5.74) is 3.35. The van der Waals surface area contributed by atoms with Gasteiger partial charge in [-0.3, -0.25) is 4.79 Å². The van der Waals surface area contributed by atoms with Gasteiger partial charge in [0, 0.05) is 17.9 Å². The van der Waals surface area contributed by atoms with Gasteiger partial charge in [0.25, 0.3) is 0 Å². The van der Waals surface area contributed by atoms with E-state index in [0.29, 0.717) is 36.9 Å². The first-order chi connectivity index (χ1) is 15.6. The van der Waals surface area contributed by atoms with Gasteiger partial charge in [-0.15, -0.1) is 0 Å². The highest BCUT2D eigenvalue weighted by atomic mass is 32.2. The Bertz CT molecular complexity index is 863. The third kappa shape index (κ3) is 7.17. The van der Waals surface area contributed by atoms with E-state index in [9.17, 15) is 9.90 Å². The highest BCUT2D eigenvalue weighted by molar-refractivity contribution is 7.99. The molecule has 1 atom stereocenters. The van der Waals surface area contributed by atoms with Crippen molar-refractivity contribution in [1.29, 1.82) is 0 Å². The van der Waals surface area contributed by atoms with E-state index in [2.05, 4.69) is 22.9 Å². The molecule has 0 heterocycles. The number of benzene rings is 2. The Labute approximate surface area is 195 Å². The summed E-state index contributed by atoms with van der Waals surface area (Å²) in [5.74, 6) is 3.24. The lowest BCUT2D eigenvalue weighted by Gasteiger charge is -2.21. The predicted molar refractivity (Wildman–Crippen MR) is 129 cm³/mol. The molecule has 0 spiro atoms. The number of methoxy groups -OCH3 is 2. The molecule has 0 aromatic heterocycles. The third-order valence-electron chi connectivity index (χ3n) is 5.88. The molecule has 0 radical (unpaired) electrons. The predicted octanol–water partition coefficient (Wildman–Crippen LogP) is 5.13. The van der Waals surface area contributed by atoms with Crippen LogP contribution in [0.1, 0.15) is 54.7 Å². The number of aliphatic hydroxyl groups is 1. The van der Waals surface area contributed by atoms with Crippen molar-refractivity contribution in [2.75, 3.05) is 25.7 Å². The van der Waals surface area contributed by atoms with E-state index in [0.717, 1.165) is 22.6 Å². The van der Waals surface area contributed by atoms with Crippen LogP contribution in [-0.4, -0.2) is 42.9 Å². The molecule has 1 fully saturated rings. The van der Waals surface area contributed by atoms with Crippen LogP contribution in [0.3, 0.4) is 0 Å². The van der Waals surface area contributed by atoms with Gasteiger partial charge in [0.05, 0.1) is 26.7 Å². The molecular formula is C26H34O5S. The van der Waals surface area contributed by atoms with Crippen LogP contribution in [0.25, 0.3) is 0 Å². The van der Waals surface area contributed by atoms with E-state index >= 15 is 0 Å². The van der Waals surface area contributed by atoms with Gasteiger partial charge in [0.15, 0.2) is 0 Å². The zero-order valence-electron chi connectivity index (χ0n) is 19.0. The fourth-order valence-electron chi connectivity index (χ4n) is 4.21. The summed E-state index contributed by atoms with van der Waals surface area (Å²) < 4.78 is 16.4. The highest BCUT2D eigenvalue weighted by Gasteiger charge is 2.23. The number of aliphatic hydroxyl groups excluding tert-OH is 1. The Morgan fingerprint density at radius 2 is 1.94 bits per heavy atom. The summed E-state index contributed by atoms with van der Waals surface area (Å²) in [6, 6.07) is 14.2. The van der Waals surface area contributed by atoms with Gasteiger partial charge in [-0.2, -0.15) is 11.8 Å². The average molecular weight is 459 g/mol. The van der Waals surface area contributed by atoms with Crippen LogP contribution >= 0.6 is 11.8 Å². The van der Waals surface area contributed by atoms with Crippen LogP contribution < -0.4 is 9.47 Å². The molecule has 0 saturated heterocycles. The van der Waals surface area contributed by atoms with Gasteiger partial charge in [-0.05, 0) is 47.6 Å². The van der Waals surface area contributed by atoms with Crippen LogP contribution in [0.15, 0.2) is 42.5 Å². The summed E-state index contributed by atoms with van der Waals surface area (Å²) >= 11 is 1.57. The van der Waals surface area contributed by atoms with Gasteiger partial charge in [-0.1, -0.05) is 43.2 Å². The highest BCUT2D eigenvalue weighted by Crippen LogP contribution is 2.41. The second-order valence-electron chi connectivity index (χ2n) is 8.22. The molecule has 5 nitrogen and oxygen atoms in total. The maximum absolute atomic E-state index is 11.3. The van der Waals surface area contributed by atoms with Crippen molar-refractivity contribution < 1.29 is 24.1 Å². The van der Waals surface area contributed by atoms with Crippen LogP contribution in [-0.2, 0) is 22.6 Å². The van der Waals surface area contributed by atoms with Crippen LogP contribution in [0.2, 0.25) is 0 Å². The van der Waals surface area contributed by atoms with Crippen molar-refractivity contribution in [2.24, 2.45) is 0 Å². The average Bonchev–Trinajstić information content (AvgIpc) is 3.35. The van der Waals surface area contributed by atoms with E-state index in [1.165, 1.54) is 38.4 Å². The summed E-state index contributed by atoms with van der Waals surface area (Å²) in [7, 11) is 3.06. The minimum absolute atomic E-state index is 0.218. The Hall–Kier alpha value is -2.18. The molecule has 0 bridgehead atoms. The Balaban J connectivity index is 1.70. The molecule has 3 rings (SSSR count). The van der Waals surface area contributed by atoms with E-state index < -0.39 is 6.10 Å². The maximum Gasteiger partial charge on any atom is 0.306 e. The van der Waals surface area contributed by atoms with Crippen LogP contribution in [0, 0.1) is 0 Å². The van der Waals surface area contributed by atoms with Crippen LogP contribution in [0.4, 0.5) is 0 Å². The van der Waals surface area contributed by atoms with Crippen molar-refractivity contribution in [3.63, 3.8) is 0 Å². The van der Waals surface area contributed by atoms with E-state index in [1.807, 2.05) is 24.3 Å². The molecule has 2 aromatic carbocycles. The smallest absolute Gasteiger partial charge is 0.306 e. The van der Waals surface area contributed by atoms with Crippen molar-refractivity contribution in [3.05, 3.63) is 59.2 Å². The number of ether oxygens (including phenoxy) is 3. The number of hydrogen-bond acceptors (Lipinski definition) is 6. The molecule has 2 aromatic rings. The van der Waals surface area contributed by atoms with Crippen molar-refractivity contribution in [2.45, 2.75) is 57.2 Å². The minimum atomic E-state index is -0.504. The molecule has 1 aliphatic rings. The number of carbonyl (C=O) groups excluding carboxylic acids is 1. The first-order valence-electron chi connectivity index (χ1n) is 11.3. The lowest BCUT2D eigenvalue weighted by Crippen LogP contribution is -2.16. The lowest BCUT2D eigenvalue weighted by molar-refractivity contribution is -0.140. The second-order valence-corrected chi connectivity index (χ2v) is 9.37. The van der Waals surface area contributed by atoms with Gasteiger partial charge < -0.3 is 19.3 Å². The summed E-state index contributed by atoms with van der Waals surface area (Å²) in [6.45, 7) is 0.456. The largest absolute Gasteiger partial charge is 0.497 e. The van der Waals surface area contributed by atoms with Crippen molar-refractivity contribution in [1.82, 2.24) is 0 Å². The molecule has 0 aliphatic heterocycles. The van der Waals surface area contributed by atoms with Gasteiger partial charge in [0.1, 0.15) is 18.1 Å². The first kappa shape index (κ1) is 24.5. The molecule has 1 unspecified atom stereocenters. The van der Waals surface area contributed by atoms with Gasteiger partial charge in [0.2, 0.25) is 0 Å². The van der Waals surface area contributed by atoms with Crippen molar-refractivity contribution >= 4 is 17.7 Å². The number of thioether (sulfide) groups is 1. The van der Waals surface area contributed by atoms with E-state index in [-0.39, 0.29) is 5.97 Å². The summed E-state index contributed by atoms with van der Waals surface area (Å²) in [4.78, 5) is 11.3. The van der Waals surface area contributed by atoms with E-state index in [4.69, 9.17) is 9.47 Å². The number of para-hydroxylation sites is 1. The molecule has 1 saturated carbocycles. The maximum atomic E-state index is 11.3. The molecule has 0 amide bonds. The second kappa shape index (κ2) is 12.8. The Morgan fingerprint density at radius 3 is 2.69 bits per heavy atom. The summed E-state index contributed by atoms with van der Waals surface area (Å²) in [5, 5.41) is 10.7. The number of hydrogen-bond donors (Lipinski definition) is 1. The van der Waals surface area contributed by atoms with Crippen molar-refractivity contribution in [3.8, 4) is 11.5 Å². The van der Waals surface area contributed by atoms with E-state index in [1.54, 1.807) is 18.9 Å². The van der Waals surface area contributed by atoms with Gasteiger partial charge in [-0.25, -0.2) is 0 Å². The molecule has 174 valence electrons. The summed E-state index contributed by atoms with van der Waals surface area (Å²) in [6.07, 6.45) is 5.26. The quantitative estimate of drug-likeness (QED) is 0.351. The topological polar surface area (TPSA) is 65.0 Å². The molecule has 1 N–H and O–H groups in total. The molecule has 1 aliphatic carbocycles. The Morgan fingerprint density at radius 1 is 1.16 bits per heavy atom. The standard InChI is InChI=1S/C26H34O5S/c1-29-23-11-5-7-19(15-23)17-31-26-21(10-6-12-24(26)20-8-3-4-9-20)16-22(27)18-32-14-13-25(28)30-2/h5-7,10-12,15,20,22,27H,3-4,8-9,13-14,16-18H2,1-2H3. The Kier molecular flexibility index (Phi) is 9.75. The lowest BCUT2D eigenvalue weighted by atomic mass is 9.93. The normalized spacial score (nSPS) is 14.8. The SMILES string of the molecule is COC(=O)CCSCC(O)Cc1cccc(C2CCCC2)c1OCc1cccc(OC)c1. The minimum Gasteiger partial charge on any atom is -0.497 e. The monoisotopic (exact) mass is 458 g/mol. The fourth-order valence-corrected chi connectivity index (χ4v) is 5.07. The first-order valence-corrected chi connectivity index (χ1v) is 12.5. The van der Waals surface area contributed by atoms with Crippen LogP contribution in [0.5, 0.6) is 11.5 Å². The fraction of sp³-hybridized carbons (Fsp3) is 0.500. The zero-order chi connectivity index (χ0) is 22.8.